The summed E-state index contributed by atoms with van der Waals surface area (Å²) in [7, 11) is 1.78. The number of hydrogen-bond donors (Lipinski definition) is 19. The highest BCUT2D eigenvalue weighted by Gasteiger charge is 2.42. The third kappa shape index (κ3) is 29.6. The van der Waals surface area contributed by atoms with Crippen LogP contribution in [-0.4, -0.2) is 213 Å². The topological polar surface area (TPSA) is 621 Å². The molecule has 0 aromatic heterocycles. The maximum Gasteiger partial charge on any atom is 0.327 e. The number of aliphatic imine (C=N–C) groups is 1. The fourth-order valence-electron chi connectivity index (χ4n) is 9.54. The van der Waals surface area contributed by atoms with E-state index in [0.717, 1.165) is 21.6 Å². The third-order valence-corrected chi connectivity index (χ3v) is 17.4. The minimum atomic E-state index is -1.91. The van der Waals surface area contributed by atoms with E-state index in [4.69, 9.17) is 34.4 Å². The lowest BCUT2D eigenvalue weighted by Gasteiger charge is -2.27. The van der Waals surface area contributed by atoms with Crippen molar-refractivity contribution in [1.29, 1.82) is 0 Å². The number of rotatable bonds is 22. The number of phenols is 1. The van der Waals surface area contributed by atoms with E-state index in [1.165, 1.54) is 31.2 Å². The van der Waals surface area contributed by atoms with Crippen LogP contribution in [0.3, 0.4) is 0 Å². The minimum Gasteiger partial charge on any atom is -0.508 e. The zero-order valence-corrected chi connectivity index (χ0v) is 55.5. The Labute approximate surface area is 561 Å². The lowest BCUT2D eigenvalue weighted by atomic mass is 9.89. The monoisotopic (exact) mass is 1390 g/mol. The molecule has 12 atom stereocenters. The first-order chi connectivity index (χ1) is 45.2. The van der Waals surface area contributed by atoms with Crippen molar-refractivity contribution < 1.29 is 87.5 Å². The van der Waals surface area contributed by atoms with Crippen molar-refractivity contribution in [2.75, 3.05) is 37.8 Å². The van der Waals surface area contributed by atoms with Gasteiger partial charge in [0.2, 0.25) is 65.0 Å². The molecule has 534 valence electrons. The Hall–Kier alpha value is -8.59. The molecule has 0 aliphatic carbocycles. The summed E-state index contributed by atoms with van der Waals surface area (Å²) in [6, 6.07) is -10.8. The summed E-state index contributed by atoms with van der Waals surface area (Å²) in [4.78, 5) is 196. The van der Waals surface area contributed by atoms with Crippen LogP contribution in [0.25, 0.3) is 0 Å². The molecule has 1 aromatic rings. The lowest BCUT2D eigenvalue weighted by Crippen LogP contribution is -2.60. The third-order valence-electron chi connectivity index (χ3n) is 15.0. The van der Waals surface area contributed by atoms with Gasteiger partial charge in [-0.05, 0) is 88.4 Å². The number of carbonyl (C=O) groups excluding carboxylic acids is 13. The van der Waals surface area contributed by atoms with E-state index in [-0.39, 0.29) is 81.3 Å². The first kappa shape index (κ1) is 81.6. The molecule has 2 heterocycles. The number of aliphatic carboxylic acids is 1. The molecule has 25 N–H and O–H groups in total. The number of Topliss-reactive ketones (excluding diaryl/α,β-unsaturated/α-hetero) is 2. The second-order valence-electron chi connectivity index (χ2n) is 23.9. The number of ketones is 2. The molecule has 96 heavy (non-hydrogen) atoms. The predicted octanol–water partition coefficient (Wildman–Crippen LogP) is -5.80. The van der Waals surface area contributed by atoms with E-state index in [2.05, 4.69) is 63.1 Å². The van der Waals surface area contributed by atoms with Gasteiger partial charge in [0.1, 0.15) is 48.0 Å². The molecule has 1 unspecified atom stereocenters. The summed E-state index contributed by atoms with van der Waals surface area (Å²) < 4.78 is 0. The van der Waals surface area contributed by atoms with Crippen LogP contribution in [0.5, 0.6) is 5.75 Å². The van der Waals surface area contributed by atoms with Crippen molar-refractivity contribution in [1.82, 2.24) is 47.9 Å². The van der Waals surface area contributed by atoms with Crippen molar-refractivity contribution in [3.8, 4) is 5.75 Å². The number of unbranched alkanes of at least 4 members (excludes halogenated alkanes) is 1. The SMILES string of the molecule is CC(C)C[C@@H]1NC(=O)[C@H](CC(N)=O)NC(=O)[C@H](Cc2ccc(O)cc2)CC(=O)[C@H](CCC(N)=O)NC(=O)[C@@H](N)CSSCC(C(=O)O)NC(=O)[C@H](CCCCN)NC(=O)[C@H](CC2(C)N=N2)NC(=O)[C@H](C)CC(=O)[C@H](CCCN=C(N)N)NC(=O)[C@H](CO)NC(=O)[C@H](CO)NC1=O. The molecule has 1 fully saturated rings. The number of carboxylic acid groups (broad SMARTS) is 1. The fraction of sp³-hybridized carbons (Fsp3) is 0.638. The van der Waals surface area contributed by atoms with Crippen molar-refractivity contribution >= 4 is 110 Å². The van der Waals surface area contributed by atoms with Gasteiger partial charge in [-0.3, -0.25) is 67.3 Å². The van der Waals surface area contributed by atoms with E-state index < -0.39 is 212 Å². The summed E-state index contributed by atoms with van der Waals surface area (Å²) in [5.41, 5.74) is 33.1. The standard InChI is InChI=1S/C58H92N18O18S2/c1-28(2)18-37-51(88)72-41(25-78)55(92)73-40(24-77)54(91)67-34(9-7-17-65-57(63)64)43(80)19-29(3)47(84)71-39(23-58(4)75-76-58)53(90)68-36(8-5-6-16-59)50(87)74-42(56(93)94)27-96-95-26-33(60)49(86)66-35(14-15-45(61)82)44(81)21-31(20-30-10-12-32(79)13-11-30)48(85)69-38(22-46(62)83)52(89)70-37/h10-13,28-29,31,33-42,77-79H,5-9,14-27,59-60H2,1-4H3,(H2,61,82)(H2,62,83)(H,66,86)(H,67,91)(H,68,90)(H,69,85)(H,70,89)(H,71,84)(H,72,88)(H,73,92)(H,74,87)(H,93,94)(H4,63,64,65)/t29-,31-,33+,34+,35+,36+,37+,38+,39+,40+,41+,42?/m1/s1. The number of aliphatic hydroxyl groups is 2. The van der Waals surface area contributed by atoms with Gasteiger partial charge in [0.15, 0.2) is 23.2 Å². The van der Waals surface area contributed by atoms with E-state index in [9.17, 15) is 87.5 Å². The predicted molar refractivity (Wildman–Crippen MR) is 348 cm³/mol. The fourth-order valence-corrected chi connectivity index (χ4v) is 11.8. The first-order valence-electron chi connectivity index (χ1n) is 31.0. The molecular formula is C58H92N18O18S2. The van der Waals surface area contributed by atoms with Crippen molar-refractivity contribution in [2.45, 2.75) is 177 Å². The molecule has 1 aromatic carbocycles. The minimum absolute atomic E-state index is 0.0467. The summed E-state index contributed by atoms with van der Waals surface area (Å²) in [6.07, 6.45) is -3.37. The van der Waals surface area contributed by atoms with Gasteiger partial charge in [-0.1, -0.05) is 54.5 Å². The Morgan fingerprint density at radius 2 is 1.09 bits per heavy atom. The smallest absolute Gasteiger partial charge is 0.327 e. The van der Waals surface area contributed by atoms with Gasteiger partial charge in [0.25, 0.3) is 0 Å². The summed E-state index contributed by atoms with van der Waals surface area (Å²) in [6.45, 7) is 4.03. The van der Waals surface area contributed by atoms with Crippen LogP contribution >= 0.6 is 21.6 Å². The van der Waals surface area contributed by atoms with E-state index in [0.29, 0.717) is 12.0 Å². The normalized spacial score (nSPS) is 26.3. The number of amides is 11. The molecule has 0 bridgehead atoms. The number of carbonyl (C=O) groups is 14. The van der Waals surface area contributed by atoms with E-state index >= 15 is 0 Å². The Balaban J connectivity index is 2.15. The second kappa shape index (κ2) is 40.7. The van der Waals surface area contributed by atoms with Crippen molar-refractivity contribution in [3.05, 3.63) is 29.8 Å². The second-order valence-corrected chi connectivity index (χ2v) is 26.5. The Kier molecular flexibility index (Phi) is 34.6. The van der Waals surface area contributed by atoms with Gasteiger partial charge < -0.3 is 103 Å². The van der Waals surface area contributed by atoms with Crippen molar-refractivity contribution in [3.63, 3.8) is 0 Å². The number of aliphatic hydroxyl groups excluding tert-OH is 2. The highest BCUT2D eigenvalue weighted by atomic mass is 33.1. The Morgan fingerprint density at radius 1 is 0.604 bits per heavy atom. The summed E-state index contributed by atoms with van der Waals surface area (Å²) in [5.74, 6) is -18.7. The molecule has 38 heteroatoms. The van der Waals surface area contributed by atoms with Crippen LogP contribution < -0.4 is 82.3 Å². The number of aromatic hydroxyl groups is 1. The molecule has 0 radical (unpaired) electrons. The zero-order valence-electron chi connectivity index (χ0n) is 53.9. The van der Waals surface area contributed by atoms with E-state index in [1.54, 1.807) is 20.8 Å². The molecule has 0 saturated carbocycles. The summed E-state index contributed by atoms with van der Waals surface area (Å²) >= 11 is 0. The van der Waals surface area contributed by atoms with Crippen LogP contribution in [0.4, 0.5) is 0 Å². The highest BCUT2D eigenvalue weighted by Crippen LogP contribution is 2.32. The molecular weight excluding hydrogens is 1300 g/mol. The zero-order chi connectivity index (χ0) is 72.0. The Bertz CT molecular complexity index is 2970. The quantitative estimate of drug-likeness (QED) is 0.0223. The number of nitrogens with zero attached hydrogens (tertiary/aromatic N) is 3. The number of nitrogens with two attached hydrogens (primary N) is 6. The molecule has 2 aliphatic heterocycles. The summed E-state index contributed by atoms with van der Waals surface area (Å²) in [5, 5.41) is 70.7. The van der Waals surface area contributed by atoms with Crippen LogP contribution in [0, 0.1) is 17.8 Å². The van der Waals surface area contributed by atoms with Crippen LogP contribution in [-0.2, 0) is 73.5 Å². The number of benzene rings is 1. The van der Waals surface area contributed by atoms with Gasteiger partial charge in [0.05, 0.1) is 37.8 Å². The average Bonchev–Trinajstić information content (AvgIpc) is 1.64. The number of guanidine groups is 1. The maximum absolute atomic E-state index is 14.4. The van der Waals surface area contributed by atoms with Crippen LogP contribution in [0.1, 0.15) is 110 Å². The largest absolute Gasteiger partial charge is 0.508 e. The maximum atomic E-state index is 14.4. The van der Waals surface area contributed by atoms with Gasteiger partial charge >= 0.3 is 5.97 Å². The first-order valence-corrected chi connectivity index (χ1v) is 33.5. The molecule has 36 nitrogen and oxygen atoms in total. The van der Waals surface area contributed by atoms with Gasteiger partial charge in [-0.15, -0.1) is 0 Å². The molecule has 1 saturated heterocycles. The number of nitrogens with one attached hydrogen (secondary N) is 9. The molecule has 11 amide bonds. The highest BCUT2D eigenvalue weighted by molar-refractivity contribution is 8.76. The number of carboxylic acids is 1. The van der Waals surface area contributed by atoms with Crippen LogP contribution in [0.2, 0.25) is 0 Å². The van der Waals surface area contributed by atoms with E-state index in [1.807, 2.05) is 0 Å². The molecule has 2 aliphatic rings. The number of hydrogen-bond acceptors (Lipinski definition) is 24. The van der Waals surface area contributed by atoms with Gasteiger partial charge in [0, 0.05) is 55.6 Å². The molecule has 3 rings (SSSR count). The van der Waals surface area contributed by atoms with Crippen LogP contribution in [0.15, 0.2) is 39.5 Å². The lowest BCUT2D eigenvalue weighted by molar-refractivity contribution is -0.141. The Morgan fingerprint density at radius 3 is 1.65 bits per heavy atom. The molecule has 0 spiro atoms. The van der Waals surface area contributed by atoms with Crippen molar-refractivity contribution in [2.24, 2.45) is 67.4 Å². The number of primary amides is 2. The number of phenolic OH excluding ortho intramolecular Hbond substituents is 1. The van der Waals surface area contributed by atoms with Gasteiger partial charge in [-0.25, -0.2) is 4.79 Å². The van der Waals surface area contributed by atoms with Gasteiger partial charge in [-0.2, -0.15) is 10.2 Å². The average molecular weight is 1390 g/mol.